The summed E-state index contributed by atoms with van der Waals surface area (Å²) < 4.78 is 19.3. The molecule has 4 nitrogen and oxygen atoms in total. The van der Waals surface area contributed by atoms with Gasteiger partial charge in [-0.15, -0.1) is 0 Å². The molecule has 0 unspecified atom stereocenters. The van der Waals surface area contributed by atoms with Crippen LogP contribution in [0.2, 0.25) is 0 Å². The van der Waals surface area contributed by atoms with Gasteiger partial charge < -0.3 is 15.0 Å². The average Bonchev–Trinajstić information content (AvgIpc) is 2.88. The molecule has 0 radical (unpaired) electrons. The van der Waals surface area contributed by atoms with Crippen LogP contribution >= 0.6 is 0 Å². The SMILES string of the molecule is CCO[C@@H]1C[C@@H](NC(=O)c2cc3c(C)cc(F)cc3[nH]2)C12CCC2. The number of amides is 1. The number of hydrogen-bond acceptors (Lipinski definition) is 2. The Balaban J connectivity index is 1.52. The number of hydrogen-bond donors (Lipinski definition) is 2. The van der Waals surface area contributed by atoms with Crippen LogP contribution in [0.25, 0.3) is 10.9 Å². The van der Waals surface area contributed by atoms with E-state index < -0.39 is 0 Å². The molecule has 1 aromatic heterocycles. The van der Waals surface area contributed by atoms with E-state index in [0.29, 0.717) is 11.2 Å². The van der Waals surface area contributed by atoms with Crippen molar-refractivity contribution >= 4 is 16.8 Å². The third-order valence-corrected chi connectivity index (χ3v) is 5.90. The van der Waals surface area contributed by atoms with E-state index in [9.17, 15) is 9.18 Å². The number of fused-ring (bicyclic) bond motifs is 1. The number of carbonyl (C=O) groups excluding carboxylic acids is 1. The Hall–Kier alpha value is -1.88. The Morgan fingerprint density at radius 2 is 2.21 bits per heavy atom. The van der Waals surface area contributed by atoms with Crippen LogP contribution in [0, 0.1) is 18.2 Å². The fraction of sp³-hybridized carbons (Fsp3) is 0.526. The fourth-order valence-electron chi connectivity index (χ4n) is 4.37. The Morgan fingerprint density at radius 3 is 2.88 bits per heavy atom. The number of aryl methyl sites for hydroxylation is 1. The van der Waals surface area contributed by atoms with Gasteiger partial charge in [0.05, 0.1) is 6.10 Å². The first-order chi connectivity index (χ1) is 11.5. The van der Waals surface area contributed by atoms with Crippen LogP contribution in [0.15, 0.2) is 18.2 Å². The molecule has 0 saturated heterocycles. The van der Waals surface area contributed by atoms with Crippen molar-refractivity contribution in [2.24, 2.45) is 5.41 Å². The first-order valence-corrected chi connectivity index (χ1v) is 8.75. The molecule has 2 aromatic rings. The topological polar surface area (TPSA) is 54.1 Å². The predicted octanol–water partition coefficient (Wildman–Crippen LogP) is 3.69. The van der Waals surface area contributed by atoms with Gasteiger partial charge in [-0.2, -0.15) is 0 Å². The third-order valence-electron chi connectivity index (χ3n) is 5.90. The van der Waals surface area contributed by atoms with Crippen LogP contribution in [0.1, 0.15) is 48.7 Å². The minimum atomic E-state index is -0.291. The number of aromatic nitrogens is 1. The predicted molar refractivity (Wildman–Crippen MR) is 90.6 cm³/mol. The van der Waals surface area contributed by atoms with Gasteiger partial charge in [0.15, 0.2) is 0 Å². The number of aromatic amines is 1. The quantitative estimate of drug-likeness (QED) is 0.898. The average molecular weight is 330 g/mol. The summed E-state index contributed by atoms with van der Waals surface area (Å²) in [4.78, 5) is 15.7. The van der Waals surface area contributed by atoms with E-state index in [2.05, 4.69) is 10.3 Å². The van der Waals surface area contributed by atoms with Crippen molar-refractivity contribution in [3.63, 3.8) is 0 Å². The largest absolute Gasteiger partial charge is 0.378 e. The number of benzene rings is 1. The maximum atomic E-state index is 13.5. The highest BCUT2D eigenvalue weighted by Crippen LogP contribution is 2.57. The first kappa shape index (κ1) is 15.6. The minimum absolute atomic E-state index is 0.114. The molecule has 128 valence electrons. The first-order valence-electron chi connectivity index (χ1n) is 8.75. The van der Waals surface area contributed by atoms with Gasteiger partial charge in [-0.25, -0.2) is 4.39 Å². The number of ether oxygens (including phenoxy) is 1. The smallest absolute Gasteiger partial charge is 0.267 e. The van der Waals surface area contributed by atoms with E-state index in [-0.39, 0.29) is 29.3 Å². The summed E-state index contributed by atoms with van der Waals surface area (Å²) in [7, 11) is 0. The molecule has 0 bridgehead atoms. The van der Waals surface area contributed by atoms with E-state index in [4.69, 9.17) is 4.74 Å². The highest BCUT2D eigenvalue weighted by Gasteiger charge is 2.59. The Kier molecular flexibility index (Phi) is 3.64. The van der Waals surface area contributed by atoms with Crippen molar-refractivity contribution in [3.8, 4) is 0 Å². The Morgan fingerprint density at radius 1 is 1.42 bits per heavy atom. The summed E-state index contributed by atoms with van der Waals surface area (Å²) in [5.41, 5.74) is 2.13. The molecule has 1 spiro atoms. The second kappa shape index (κ2) is 5.59. The van der Waals surface area contributed by atoms with E-state index in [1.54, 1.807) is 0 Å². The molecule has 0 aliphatic heterocycles. The fourth-order valence-corrected chi connectivity index (χ4v) is 4.37. The standard InChI is InChI=1S/C19H23FN2O2/c1-3-24-17-10-16(19(17)5-4-6-19)22-18(23)15-9-13-11(2)7-12(20)8-14(13)21-15/h7-9,16-17,21H,3-6,10H2,1-2H3,(H,22,23)/t16-,17-/m1/s1. The summed E-state index contributed by atoms with van der Waals surface area (Å²) in [6, 6.07) is 4.91. The molecule has 1 amide bonds. The molecule has 24 heavy (non-hydrogen) atoms. The molecule has 2 N–H and O–H groups in total. The molecule has 5 heteroatoms. The molecular formula is C19H23FN2O2. The second-order valence-corrected chi connectivity index (χ2v) is 7.16. The van der Waals surface area contributed by atoms with E-state index in [0.717, 1.165) is 36.8 Å². The van der Waals surface area contributed by atoms with Gasteiger partial charge >= 0.3 is 0 Å². The maximum Gasteiger partial charge on any atom is 0.267 e. The van der Waals surface area contributed by atoms with Gasteiger partial charge in [-0.3, -0.25) is 4.79 Å². The number of carbonyl (C=O) groups is 1. The van der Waals surface area contributed by atoms with Crippen LogP contribution in [0.5, 0.6) is 0 Å². The monoisotopic (exact) mass is 330 g/mol. The molecule has 2 aliphatic rings. The zero-order chi connectivity index (χ0) is 16.9. The van der Waals surface area contributed by atoms with E-state index in [1.165, 1.54) is 18.6 Å². The summed E-state index contributed by atoms with van der Waals surface area (Å²) in [5.74, 6) is -0.405. The molecule has 1 aromatic carbocycles. The highest BCUT2D eigenvalue weighted by molar-refractivity contribution is 5.99. The van der Waals surface area contributed by atoms with E-state index >= 15 is 0 Å². The zero-order valence-electron chi connectivity index (χ0n) is 14.1. The molecule has 4 rings (SSSR count). The molecule has 2 aliphatic carbocycles. The Bertz CT molecular complexity index is 794. The number of H-pyrrole nitrogens is 1. The zero-order valence-corrected chi connectivity index (χ0v) is 14.1. The van der Waals surface area contributed by atoms with Crippen molar-refractivity contribution in [2.75, 3.05) is 6.61 Å². The van der Waals surface area contributed by atoms with Crippen molar-refractivity contribution in [1.82, 2.24) is 10.3 Å². The second-order valence-electron chi connectivity index (χ2n) is 7.16. The van der Waals surface area contributed by atoms with Gasteiger partial charge in [-0.05, 0) is 56.9 Å². The summed E-state index contributed by atoms with van der Waals surface area (Å²) >= 11 is 0. The van der Waals surface area contributed by atoms with Crippen LogP contribution in [-0.2, 0) is 4.74 Å². The number of nitrogens with one attached hydrogen (secondary N) is 2. The Labute approximate surface area is 140 Å². The van der Waals surface area contributed by atoms with Crippen LogP contribution in [0.4, 0.5) is 4.39 Å². The van der Waals surface area contributed by atoms with Crippen LogP contribution in [0.3, 0.4) is 0 Å². The van der Waals surface area contributed by atoms with Gasteiger partial charge in [0.25, 0.3) is 5.91 Å². The lowest BCUT2D eigenvalue weighted by Gasteiger charge is -2.60. The normalized spacial score (nSPS) is 24.6. The van der Waals surface area contributed by atoms with Crippen LogP contribution in [-0.4, -0.2) is 29.6 Å². The number of rotatable bonds is 4. The summed E-state index contributed by atoms with van der Waals surface area (Å²) in [6.07, 6.45) is 4.62. The van der Waals surface area contributed by atoms with Gasteiger partial charge in [0, 0.05) is 29.0 Å². The highest BCUT2D eigenvalue weighted by atomic mass is 19.1. The third kappa shape index (κ3) is 2.25. The maximum absolute atomic E-state index is 13.5. The van der Waals surface area contributed by atoms with Crippen molar-refractivity contribution in [3.05, 3.63) is 35.3 Å². The molecule has 2 saturated carbocycles. The molecule has 1 heterocycles. The van der Waals surface area contributed by atoms with Crippen molar-refractivity contribution < 1.29 is 13.9 Å². The van der Waals surface area contributed by atoms with Crippen molar-refractivity contribution in [2.45, 2.75) is 51.7 Å². The lowest BCUT2D eigenvalue weighted by molar-refractivity contribution is -0.169. The molecular weight excluding hydrogens is 307 g/mol. The van der Waals surface area contributed by atoms with Gasteiger partial charge in [0.2, 0.25) is 0 Å². The molecule has 2 fully saturated rings. The minimum Gasteiger partial charge on any atom is -0.378 e. The van der Waals surface area contributed by atoms with Gasteiger partial charge in [-0.1, -0.05) is 6.42 Å². The summed E-state index contributed by atoms with van der Waals surface area (Å²) in [6.45, 7) is 4.59. The summed E-state index contributed by atoms with van der Waals surface area (Å²) in [5, 5.41) is 4.05. The number of halogens is 1. The lowest BCUT2D eigenvalue weighted by Crippen LogP contribution is -2.67. The van der Waals surface area contributed by atoms with E-state index in [1.807, 2.05) is 19.9 Å². The lowest BCUT2D eigenvalue weighted by atomic mass is 9.51. The van der Waals surface area contributed by atoms with Crippen LogP contribution < -0.4 is 5.32 Å². The van der Waals surface area contributed by atoms with Crippen molar-refractivity contribution in [1.29, 1.82) is 0 Å². The molecule has 2 atom stereocenters. The van der Waals surface area contributed by atoms with Gasteiger partial charge in [0.1, 0.15) is 11.5 Å².